The molecule has 2 heterocycles. The van der Waals surface area contributed by atoms with Crippen LogP contribution in [0.25, 0.3) is 0 Å². The van der Waals surface area contributed by atoms with E-state index in [4.69, 9.17) is 11.6 Å². The van der Waals surface area contributed by atoms with Crippen molar-refractivity contribution in [3.8, 4) is 0 Å². The molecule has 2 aliphatic heterocycles. The number of benzene rings is 2. The lowest BCUT2D eigenvalue weighted by atomic mass is 9.71. The molecule has 5 nitrogen and oxygen atoms in total. The maximum atomic E-state index is 13.4. The highest BCUT2D eigenvalue weighted by Gasteiger charge is 2.40. The van der Waals surface area contributed by atoms with Gasteiger partial charge < -0.3 is 14.7 Å². The first-order valence-corrected chi connectivity index (χ1v) is 12.6. The van der Waals surface area contributed by atoms with Crippen molar-refractivity contribution in [2.24, 2.45) is 5.41 Å². The summed E-state index contributed by atoms with van der Waals surface area (Å²) >= 11 is 6.02. The number of halogens is 1. The minimum Gasteiger partial charge on any atom is -0.368 e. The first-order valence-electron chi connectivity index (χ1n) is 12.2. The van der Waals surface area contributed by atoms with Crippen LogP contribution in [0.3, 0.4) is 0 Å². The summed E-state index contributed by atoms with van der Waals surface area (Å²) in [7, 11) is 0. The number of carbonyl (C=O) groups excluding carboxylic acids is 2. The van der Waals surface area contributed by atoms with E-state index in [2.05, 4.69) is 4.90 Å². The molecule has 2 aromatic carbocycles. The Morgan fingerprint density at radius 3 is 2.30 bits per heavy atom. The molecule has 5 rings (SSSR count). The molecule has 0 aromatic heterocycles. The lowest BCUT2D eigenvalue weighted by Crippen LogP contribution is -2.51. The Balaban J connectivity index is 1.23. The molecule has 0 N–H and O–H groups in total. The van der Waals surface area contributed by atoms with Gasteiger partial charge in [-0.1, -0.05) is 49.1 Å². The Bertz CT molecular complexity index is 1010. The molecule has 2 fully saturated rings. The van der Waals surface area contributed by atoms with E-state index in [1.165, 1.54) is 6.42 Å². The van der Waals surface area contributed by atoms with Crippen molar-refractivity contribution in [2.75, 3.05) is 37.6 Å². The molecular formula is C27H32ClN3O2. The second-order valence-corrected chi connectivity index (χ2v) is 10.3. The van der Waals surface area contributed by atoms with E-state index in [1.807, 2.05) is 58.3 Å². The Hall–Kier alpha value is -2.53. The maximum Gasteiger partial charge on any atom is 0.254 e. The summed E-state index contributed by atoms with van der Waals surface area (Å²) in [4.78, 5) is 32.8. The summed E-state index contributed by atoms with van der Waals surface area (Å²) < 4.78 is 0. The number of fused-ring (bicyclic) bond motifs is 1. The number of nitrogens with zero attached hydrogens (tertiary/aromatic N) is 3. The lowest BCUT2D eigenvalue weighted by molar-refractivity contribution is -0.135. The molecule has 0 unspecified atom stereocenters. The highest BCUT2D eigenvalue weighted by molar-refractivity contribution is 6.30. The van der Waals surface area contributed by atoms with Gasteiger partial charge in [-0.05, 0) is 54.2 Å². The average Bonchev–Trinajstić information content (AvgIpc) is 3.15. The Morgan fingerprint density at radius 1 is 0.909 bits per heavy atom. The lowest BCUT2D eigenvalue weighted by Gasteiger charge is -2.42. The van der Waals surface area contributed by atoms with Gasteiger partial charge in [0.15, 0.2) is 0 Å². The molecule has 6 heteroatoms. The van der Waals surface area contributed by atoms with Crippen LogP contribution < -0.4 is 4.90 Å². The maximum absolute atomic E-state index is 13.4. The molecular weight excluding hydrogens is 434 g/mol. The van der Waals surface area contributed by atoms with Gasteiger partial charge in [0.2, 0.25) is 5.91 Å². The third kappa shape index (κ3) is 4.74. The fraction of sp³-hybridized carbons (Fsp3) is 0.481. The van der Waals surface area contributed by atoms with E-state index in [1.54, 1.807) is 0 Å². The largest absolute Gasteiger partial charge is 0.368 e. The minimum absolute atomic E-state index is 0.0969. The van der Waals surface area contributed by atoms with Crippen molar-refractivity contribution in [2.45, 2.75) is 45.1 Å². The third-order valence-electron chi connectivity index (χ3n) is 7.69. The van der Waals surface area contributed by atoms with Crippen LogP contribution in [0.15, 0.2) is 48.5 Å². The van der Waals surface area contributed by atoms with E-state index in [9.17, 15) is 9.59 Å². The molecule has 0 bridgehead atoms. The Labute approximate surface area is 201 Å². The van der Waals surface area contributed by atoms with Crippen molar-refractivity contribution in [3.05, 3.63) is 64.7 Å². The molecule has 174 valence electrons. The topological polar surface area (TPSA) is 43.9 Å². The van der Waals surface area contributed by atoms with Crippen molar-refractivity contribution in [1.82, 2.24) is 9.80 Å². The summed E-state index contributed by atoms with van der Waals surface area (Å²) in [6, 6.07) is 15.8. The minimum atomic E-state index is -0.0969. The molecule has 33 heavy (non-hydrogen) atoms. The predicted molar refractivity (Wildman–Crippen MR) is 132 cm³/mol. The van der Waals surface area contributed by atoms with Crippen LogP contribution in [0.4, 0.5) is 5.69 Å². The quantitative estimate of drug-likeness (QED) is 0.625. The number of carbonyl (C=O) groups is 2. The molecule has 3 aliphatic rings. The highest BCUT2D eigenvalue weighted by atomic mass is 35.5. The SMILES string of the molecule is O=C(CC1(CN2Cc3ccccc3C2=O)CCCCC1)N1CCN(c2ccc(Cl)cc2)CC1. The van der Waals surface area contributed by atoms with Crippen LogP contribution in [0.1, 0.15) is 54.4 Å². The van der Waals surface area contributed by atoms with Gasteiger partial charge in [0.1, 0.15) is 0 Å². The number of hydrogen-bond acceptors (Lipinski definition) is 3. The second kappa shape index (κ2) is 9.38. The van der Waals surface area contributed by atoms with E-state index >= 15 is 0 Å². The van der Waals surface area contributed by atoms with Gasteiger partial charge in [-0.25, -0.2) is 0 Å². The van der Waals surface area contributed by atoms with Crippen LogP contribution in [-0.2, 0) is 11.3 Å². The zero-order chi connectivity index (χ0) is 22.8. The van der Waals surface area contributed by atoms with Crippen LogP contribution in [0, 0.1) is 5.41 Å². The van der Waals surface area contributed by atoms with E-state index in [0.717, 1.165) is 73.7 Å². The standard InChI is InChI=1S/C27H32ClN3O2/c28-22-8-10-23(11-9-22)29-14-16-30(17-15-29)25(32)18-27(12-4-1-5-13-27)20-31-19-21-6-2-3-7-24(21)26(31)33/h2-3,6-11H,1,4-5,12-20H2. The molecule has 0 atom stereocenters. The van der Waals surface area contributed by atoms with Gasteiger partial charge in [0.05, 0.1) is 0 Å². The fourth-order valence-corrected chi connectivity index (χ4v) is 5.96. The highest BCUT2D eigenvalue weighted by Crippen LogP contribution is 2.42. The van der Waals surface area contributed by atoms with Gasteiger partial charge in [-0.3, -0.25) is 9.59 Å². The Kier molecular flexibility index (Phi) is 6.33. The molecule has 1 saturated carbocycles. The average molecular weight is 466 g/mol. The summed E-state index contributed by atoms with van der Waals surface area (Å²) in [6.45, 7) is 4.51. The van der Waals surface area contributed by atoms with Crippen molar-refractivity contribution in [3.63, 3.8) is 0 Å². The van der Waals surface area contributed by atoms with Gasteiger partial charge in [0.25, 0.3) is 5.91 Å². The van der Waals surface area contributed by atoms with Gasteiger partial charge in [-0.15, -0.1) is 0 Å². The molecule has 1 saturated heterocycles. The zero-order valence-electron chi connectivity index (χ0n) is 19.1. The van der Waals surface area contributed by atoms with Crippen molar-refractivity contribution >= 4 is 29.1 Å². The molecule has 0 spiro atoms. The van der Waals surface area contributed by atoms with Gasteiger partial charge in [-0.2, -0.15) is 0 Å². The van der Waals surface area contributed by atoms with Gasteiger partial charge in [0, 0.05) is 62.0 Å². The molecule has 1 aliphatic carbocycles. The summed E-state index contributed by atoms with van der Waals surface area (Å²) in [5.41, 5.74) is 2.99. The van der Waals surface area contributed by atoms with Crippen molar-refractivity contribution < 1.29 is 9.59 Å². The van der Waals surface area contributed by atoms with Crippen molar-refractivity contribution in [1.29, 1.82) is 0 Å². The molecule has 2 amide bonds. The third-order valence-corrected chi connectivity index (χ3v) is 7.94. The van der Waals surface area contributed by atoms with Crippen LogP contribution in [0.5, 0.6) is 0 Å². The van der Waals surface area contributed by atoms with Gasteiger partial charge >= 0.3 is 0 Å². The first-order chi connectivity index (χ1) is 16.0. The van der Waals surface area contributed by atoms with E-state index < -0.39 is 0 Å². The molecule has 2 aromatic rings. The van der Waals surface area contributed by atoms with Crippen LogP contribution in [0.2, 0.25) is 5.02 Å². The van der Waals surface area contributed by atoms with Crippen LogP contribution in [-0.4, -0.2) is 54.3 Å². The number of amides is 2. The number of hydrogen-bond donors (Lipinski definition) is 0. The Morgan fingerprint density at radius 2 is 1.61 bits per heavy atom. The zero-order valence-corrected chi connectivity index (χ0v) is 19.9. The summed E-state index contributed by atoms with van der Waals surface area (Å²) in [5, 5.41) is 0.741. The number of anilines is 1. The first kappa shape index (κ1) is 22.3. The second-order valence-electron chi connectivity index (χ2n) is 9.90. The number of piperazine rings is 1. The smallest absolute Gasteiger partial charge is 0.254 e. The molecule has 0 radical (unpaired) electrons. The number of rotatable bonds is 5. The van der Waals surface area contributed by atoms with Crippen LogP contribution >= 0.6 is 11.6 Å². The summed E-state index contributed by atoms with van der Waals surface area (Å²) in [5.74, 6) is 0.372. The van der Waals surface area contributed by atoms with E-state index in [0.29, 0.717) is 19.5 Å². The normalized spacial score (nSPS) is 20.2. The summed E-state index contributed by atoms with van der Waals surface area (Å²) in [6.07, 6.45) is 6.13. The van der Waals surface area contributed by atoms with E-state index in [-0.39, 0.29) is 17.2 Å². The monoisotopic (exact) mass is 465 g/mol. The fourth-order valence-electron chi connectivity index (χ4n) is 5.84. The predicted octanol–water partition coefficient (Wildman–Crippen LogP) is 4.99.